The van der Waals surface area contributed by atoms with Crippen LogP contribution >= 0.6 is 0 Å². The number of para-hydroxylation sites is 2. The average molecular weight is 344 g/mol. The van der Waals surface area contributed by atoms with Crippen LogP contribution in [0.25, 0.3) is 11.1 Å². The third-order valence-electron chi connectivity index (χ3n) is 3.99. The molecule has 0 saturated heterocycles. The molecule has 3 rings (SSSR count). The number of nitrogens with one attached hydrogen (secondary N) is 1. The molecular formula is C18H20N2O5. The van der Waals surface area contributed by atoms with Gasteiger partial charge in [-0.05, 0) is 31.2 Å². The van der Waals surface area contributed by atoms with E-state index in [-0.39, 0.29) is 24.9 Å². The number of hydrogen-bond donors (Lipinski definition) is 2. The molecule has 0 saturated carbocycles. The van der Waals surface area contributed by atoms with Gasteiger partial charge in [0, 0.05) is 25.4 Å². The van der Waals surface area contributed by atoms with Gasteiger partial charge in [-0.1, -0.05) is 12.1 Å². The van der Waals surface area contributed by atoms with Crippen LogP contribution in [0.1, 0.15) is 31.6 Å². The summed E-state index contributed by atoms with van der Waals surface area (Å²) in [6, 6.07) is 10.3. The van der Waals surface area contributed by atoms with Crippen molar-refractivity contribution in [2.24, 2.45) is 0 Å². The van der Waals surface area contributed by atoms with Crippen LogP contribution < -0.4 is 11.1 Å². The van der Waals surface area contributed by atoms with Crippen molar-refractivity contribution in [1.82, 2.24) is 9.88 Å². The lowest BCUT2D eigenvalue weighted by Crippen LogP contribution is -2.34. The summed E-state index contributed by atoms with van der Waals surface area (Å²) in [5.74, 6) is -0.205. The summed E-state index contributed by atoms with van der Waals surface area (Å²) in [5, 5.41) is 12.8. The Morgan fingerprint density at radius 3 is 2.84 bits per heavy atom. The standard InChI is InChI=1S/C18H20N2O5/c1-12(11-14(21)16-7-4-10-24-16)19-17(22)8-9-20-13-5-2-3-6-15(13)25-18(20)23/h2-7,10,12,14,21H,8-9,11H2,1H3,(H,19,22). The van der Waals surface area contributed by atoms with E-state index in [1.165, 1.54) is 10.8 Å². The number of benzene rings is 1. The normalized spacial score (nSPS) is 13.7. The molecule has 7 heteroatoms. The molecule has 2 atom stereocenters. The Morgan fingerprint density at radius 1 is 1.28 bits per heavy atom. The quantitative estimate of drug-likeness (QED) is 0.685. The van der Waals surface area contributed by atoms with Gasteiger partial charge in [0.1, 0.15) is 11.9 Å². The second kappa shape index (κ2) is 7.40. The first-order valence-electron chi connectivity index (χ1n) is 8.14. The van der Waals surface area contributed by atoms with E-state index < -0.39 is 11.9 Å². The van der Waals surface area contributed by atoms with Crippen LogP contribution in [0.3, 0.4) is 0 Å². The first-order chi connectivity index (χ1) is 12.0. The lowest BCUT2D eigenvalue weighted by molar-refractivity contribution is -0.122. The molecule has 2 aromatic heterocycles. The highest BCUT2D eigenvalue weighted by Gasteiger charge is 2.17. The summed E-state index contributed by atoms with van der Waals surface area (Å²) in [4.78, 5) is 24.0. The van der Waals surface area contributed by atoms with E-state index in [2.05, 4.69) is 5.32 Å². The molecule has 0 radical (unpaired) electrons. The van der Waals surface area contributed by atoms with E-state index in [0.29, 0.717) is 23.3 Å². The van der Waals surface area contributed by atoms with Crippen LogP contribution in [0, 0.1) is 0 Å². The van der Waals surface area contributed by atoms with E-state index in [1.807, 2.05) is 13.0 Å². The molecule has 0 spiro atoms. The average Bonchev–Trinajstić information content (AvgIpc) is 3.20. The highest BCUT2D eigenvalue weighted by Crippen LogP contribution is 2.18. The molecule has 0 aliphatic rings. The van der Waals surface area contributed by atoms with Gasteiger partial charge in [0.25, 0.3) is 0 Å². The Hall–Kier alpha value is -2.80. The van der Waals surface area contributed by atoms with E-state index in [0.717, 1.165) is 0 Å². The van der Waals surface area contributed by atoms with Crippen molar-refractivity contribution in [3.05, 3.63) is 59.0 Å². The molecule has 2 unspecified atom stereocenters. The zero-order valence-electron chi connectivity index (χ0n) is 13.8. The third kappa shape index (κ3) is 4.00. The smallest absolute Gasteiger partial charge is 0.419 e. The van der Waals surface area contributed by atoms with Crippen molar-refractivity contribution in [3.63, 3.8) is 0 Å². The van der Waals surface area contributed by atoms with Gasteiger partial charge < -0.3 is 19.3 Å². The Bertz CT molecular complexity index is 894. The lowest BCUT2D eigenvalue weighted by atomic mass is 10.1. The van der Waals surface area contributed by atoms with Crippen molar-refractivity contribution in [3.8, 4) is 0 Å². The minimum Gasteiger partial charge on any atom is -0.467 e. The van der Waals surface area contributed by atoms with Crippen LogP contribution in [0.5, 0.6) is 0 Å². The molecule has 2 heterocycles. The molecule has 2 N–H and O–H groups in total. The van der Waals surface area contributed by atoms with E-state index in [9.17, 15) is 14.7 Å². The molecule has 3 aromatic rings. The number of nitrogens with zero attached hydrogens (tertiary/aromatic N) is 1. The fourth-order valence-corrected chi connectivity index (χ4v) is 2.78. The molecule has 0 aliphatic heterocycles. The van der Waals surface area contributed by atoms with E-state index in [1.54, 1.807) is 30.3 Å². The number of oxazole rings is 1. The van der Waals surface area contributed by atoms with Gasteiger partial charge in [0.05, 0.1) is 11.8 Å². The van der Waals surface area contributed by atoms with Crippen LogP contribution in [0.2, 0.25) is 0 Å². The summed E-state index contributed by atoms with van der Waals surface area (Å²) in [7, 11) is 0. The van der Waals surface area contributed by atoms with Crippen molar-refractivity contribution in [2.75, 3.05) is 0 Å². The van der Waals surface area contributed by atoms with Crippen molar-refractivity contribution in [1.29, 1.82) is 0 Å². The third-order valence-corrected chi connectivity index (χ3v) is 3.99. The van der Waals surface area contributed by atoms with E-state index >= 15 is 0 Å². The molecule has 0 fully saturated rings. The number of aliphatic hydroxyl groups is 1. The number of rotatable bonds is 7. The van der Waals surface area contributed by atoms with Gasteiger partial charge in [-0.25, -0.2) is 4.79 Å². The Morgan fingerprint density at radius 2 is 2.08 bits per heavy atom. The number of carbonyl (C=O) groups excluding carboxylic acids is 1. The summed E-state index contributed by atoms with van der Waals surface area (Å²) in [5.41, 5.74) is 1.17. The van der Waals surface area contributed by atoms with E-state index in [4.69, 9.17) is 8.83 Å². The zero-order valence-corrected chi connectivity index (χ0v) is 13.8. The fourth-order valence-electron chi connectivity index (χ4n) is 2.78. The molecule has 0 aliphatic carbocycles. The molecule has 132 valence electrons. The highest BCUT2D eigenvalue weighted by atomic mass is 16.4. The summed E-state index contributed by atoms with van der Waals surface area (Å²) in [6.07, 6.45) is 1.21. The number of hydrogen-bond acceptors (Lipinski definition) is 5. The maximum Gasteiger partial charge on any atom is 0.419 e. The van der Waals surface area contributed by atoms with Gasteiger partial charge in [-0.15, -0.1) is 0 Å². The fraction of sp³-hybridized carbons (Fsp3) is 0.333. The summed E-state index contributed by atoms with van der Waals surface area (Å²) < 4.78 is 11.7. The number of amides is 1. The van der Waals surface area contributed by atoms with Gasteiger partial charge in [-0.3, -0.25) is 9.36 Å². The Labute approximate surface area is 143 Å². The second-order valence-electron chi connectivity index (χ2n) is 5.97. The monoisotopic (exact) mass is 344 g/mol. The molecular weight excluding hydrogens is 324 g/mol. The van der Waals surface area contributed by atoms with Gasteiger partial charge in [0.2, 0.25) is 5.91 Å². The van der Waals surface area contributed by atoms with Crippen molar-refractivity contribution >= 4 is 17.0 Å². The molecule has 0 bridgehead atoms. The van der Waals surface area contributed by atoms with Crippen LogP contribution in [-0.2, 0) is 11.3 Å². The first kappa shape index (κ1) is 17.0. The van der Waals surface area contributed by atoms with Gasteiger partial charge >= 0.3 is 5.76 Å². The number of fused-ring (bicyclic) bond motifs is 1. The predicted molar refractivity (Wildman–Crippen MR) is 91.0 cm³/mol. The molecule has 7 nitrogen and oxygen atoms in total. The summed E-state index contributed by atoms with van der Waals surface area (Å²) in [6.45, 7) is 2.04. The maximum atomic E-state index is 12.1. The minimum absolute atomic E-state index is 0.143. The Balaban J connectivity index is 1.54. The maximum absolute atomic E-state index is 12.1. The highest BCUT2D eigenvalue weighted by molar-refractivity contribution is 5.77. The molecule has 25 heavy (non-hydrogen) atoms. The second-order valence-corrected chi connectivity index (χ2v) is 5.97. The van der Waals surface area contributed by atoms with Crippen LogP contribution in [0.15, 0.2) is 56.3 Å². The SMILES string of the molecule is CC(CC(O)c1ccco1)NC(=O)CCn1c(=O)oc2ccccc21. The zero-order chi connectivity index (χ0) is 17.8. The van der Waals surface area contributed by atoms with Crippen molar-refractivity contribution < 1.29 is 18.7 Å². The summed E-state index contributed by atoms with van der Waals surface area (Å²) >= 11 is 0. The largest absolute Gasteiger partial charge is 0.467 e. The number of furan rings is 1. The minimum atomic E-state index is -0.772. The first-order valence-corrected chi connectivity index (χ1v) is 8.14. The Kier molecular flexibility index (Phi) is 5.04. The lowest BCUT2D eigenvalue weighted by Gasteiger charge is -2.16. The number of aryl methyl sites for hydroxylation is 1. The molecule has 1 amide bonds. The van der Waals surface area contributed by atoms with Gasteiger partial charge in [-0.2, -0.15) is 0 Å². The van der Waals surface area contributed by atoms with Crippen LogP contribution in [-0.4, -0.2) is 21.6 Å². The number of aliphatic hydroxyl groups excluding tert-OH is 1. The van der Waals surface area contributed by atoms with Gasteiger partial charge in [0.15, 0.2) is 5.58 Å². The number of carbonyl (C=O) groups is 1. The number of aromatic nitrogens is 1. The van der Waals surface area contributed by atoms with Crippen molar-refractivity contribution in [2.45, 2.75) is 38.5 Å². The van der Waals surface area contributed by atoms with Crippen LogP contribution in [0.4, 0.5) is 0 Å². The topological polar surface area (TPSA) is 97.6 Å². The molecule has 1 aromatic carbocycles. The predicted octanol–water partition coefficient (Wildman–Crippen LogP) is 2.21.